The summed E-state index contributed by atoms with van der Waals surface area (Å²) in [6.07, 6.45) is 1.77. The van der Waals surface area contributed by atoms with E-state index in [0.29, 0.717) is 18.8 Å². The quantitative estimate of drug-likeness (QED) is 0.270. The van der Waals surface area contributed by atoms with Crippen LogP contribution in [0.15, 0.2) is 0 Å². The zero-order valence-electron chi connectivity index (χ0n) is 23.4. The van der Waals surface area contributed by atoms with Gasteiger partial charge in [-0.2, -0.15) is 0 Å². The third-order valence-corrected chi connectivity index (χ3v) is 8.67. The first-order valence-electron chi connectivity index (χ1n) is 14.0. The molecule has 4 heterocycles. The van der Waals surface area contributed by atoms with E-state index < -0.39 is 60.3 Å². The summed E-state index contributed by atoms with van der Waals surface area (Å²) in [7, 11) is 0. The molecule has 2 bridgehead atoms. The van der Waals surface area contributed by atoms with Crippen LogP contribution in [-0.2, 0) is 43.2 Å². The van der Waals surface area contributed by atoms with Gasteiger partial charge in [0.2, 0.25) is 23.9 Å². The molecule has 0 radical (unpaired) electrons. The molecule has 12 nitrogen and oxygen atoms in total. The molecule has 0 aromatic heterocycles. The number of carbonyl (C=O) groups is 4. The van der Waals surface area contributed by atoms with Gasteiger partial charge in [-0.25, -0.2) is 9.78 Å². The predicted octanol–water partition coefficient (Wildman–Crippen LogP) is 2.25. The lowest BCUT2D eigenvalue weighted by Crippen LogP contribution is -2.70. The molecule has 0 unspecified atom stereocenters. The van der Waals surface area contributed by atoms with Gasteiger partial charge in [0.1, 0.15) is 12.6 Å². The standard InChI is InChI=1S/C27H42N2O10/c1-14(2)12-19(23(34)28-13-21(31)32)29-20(30)8-9-22(33)35-24-16(4)18-7-6-15(3)17-10-11-26(5)37-25(36-24)27(17,18)39-38-26/h14-19,24-25H,6-13H2,1-5H3,(H,28,34)(H,29,30)(H,31,32)/t15-,16-,17+,18+,19+,24-,25-,26-,27-/m1/s1. The molecule has 4 aliphatic heterocycles. The molecular formula is C27H42N2O10. The summed E-state index contributed by atoms with van der Waals surface area (Å²) in [6, 6.07) is -0.904. The molecule has 9 atom stereocenters. The first-order valence-corrected chi connectivity index (χ1v) is 14.0. The van der Waals surface area contributed by atoms with Gasteiger partial charge < -0.3 is 30.0 Å². The first-order chi connectivity index (χ1) is 18.3. The van der Waals surface area contributed by atoms with Gasteiger partial charge >= 0.3 is 11.9 Å². The third-order valence-electron chi connectivity index (χ3n) is 8.67. The van der Waals surface area contributed by atoms with Crippen molar-refractivity contribution < 1.29 is 48.3 Å². The molecule has 3 N–H and O–H groups in total. The highest BCUT2D eigenvalue weighted by Crippen LogP contribution is 2.60. The largest absolute Gasteiger partial charge is 0.480 e. The van der Waals surface area contributed by atoms with Crippen LogP contribution in [0.4, 0.5) is 0 Å². The number of carbonyl (C=O) groups excluding carboxylic acids is 3. The lowest BCUT2D eigenvalue weighted by Gasteiger charge is -2.59. The van der Waals surface area contributed by atoms with Crippen molar-refractivity contribution in [2.45, 2.75) is 110 Å². The third kappa shape index (κ3) is 6.23. The summed E-state index contributed by atoms with van der Waals surface area (Å²) < 4.78 is 18.2. The maximum absolute atomic E-state index is 12.8. The Balaban J connectivity index is 1.35. The molecule has 5 rings (SSSR count). The van der Waals surface area contributed by atoms with Crippen molar-refractivity contribution in [3.05, 3.63) is 0 Å². The van der Waals surface area contributed by atoms with Gasteiger partial charge in [-0.05, 0) is 50.4 Å². The number of esters is 1. The van der Waals surface area contributed by atoms with Crippen molar-refractivity contribution in [1.29, 1.82) is 0 Å². The van der Waals surface area contributed by atoms with Crippen LogP contribution in [0.1, 0.15) is 79.6 Å². The van der Waals surface area contributed by atoms with Crippen molar-refractivity contribution in [3.8, 4) is 0 Å². The van der Waals surface area contributed by atoms with Crippen molar-refractivity contribution in [2.24, 2.45) is 29.6 Å². The molecular weight excluding hydrogens is 512 g/mol. The summed E-state index contributed by atoms with van der Waals surface area (Å²) in [6.45, 7) is 9.24. The van der Waals surface area contributed by atoms with Crippen molar-refractivity contribution in [2.75, 3.05) is 6.54 Å². The van der Waals surface area contributed by atoms with E-state index in [1.165, 1.54) is 0 Å². The maximum atomic E-state index is 12.8. The molecule has 220 valence electrons. The lowest BCUT2D eigenvalue weighted by molar-refractivity contribution is -0.576. The normalized spacial score (nSPS) is 37.8. The highest BCUT2D eigenvalue weighted by atomic mass is 17.3. The van der Waals surface area contributed by atoms with Gasteiger partial charge in [-0.15, -0.1) is 0 Å². The van der Waals surface area contributed by atoms with Crippen LogP contribution in [0.2, 0.25) is 0 Å². The Morgan fingerprint density at radius 3 is 2.49 bits per heavy atom. The van der Waals surface area contributed by atoms with E-state index in [0.717, 1.165) is 19.3 Å². The fraction of sp³-hybridized carbons (Fsp3) is 0.852. The molecule has 5 fully saturated rings. The summed E-state index contributed by atoms with van der Waals surface area (Å²) in [5, 5.41) is 13.7. The molecule has 1 saturated carbocycles. The summed E-state index contributed by atoms with van der Waals surface area (Å²) >= 11 is 0. The van der Waals surface area contributed by atoms with E-state index in [4.69, 9.17) is 29.1 Å². The van der Waals surface area contributed by atoms with Crippen LogP contribution >= 0.6 is 0 Å². The number of aliphatic carboxylic acids is 1. The van der Waals surface area contributed by atoms with Crippen LogP contribution in [-0.4, -0.2) is 65.4 Å². The first kappa shape index (κ1) is 29.7. The number of nitrogens with one attached hydrogen (secondary N) is 2. The van der Waals surface area contributed by atoms with Gasteiger partial charge in [0.25, 0.3) is 0 Å². The molecule has 0 aromatic rings. The number of carboxylic acid groups (broad SMARTS) is 1. The Labute approximate surface area is 228 Å². The van der Waals surface area contributed by atoms with E-state index in [9.17, 15) is 19.2 Å². The van der Waals surface area contributed by atoms with Gasteiger partial charge in [0.15, 0.2) is 11.9 Å². The minimum Gasteiger partial charge on any atom is -0.480 e. The Morgan fingerprint density at radius 2 is 1.79 bits per heavy atom. The lowest BCUT2D eigenvalue weighted by atomic mass is 9.58. The van der Waals surface area contributed by atoms with E-state index in [1.807, 2.05) is 27.7 Å². The molecule has 5 aliphatic rings. The smallest absolute Gasteiger partial charge is 0.322 e. The second kappa shape index (κ2) is 11.7. The van der Waals surface area contributed by atoms with E-state index in [2.05, 4.69) is 17.6 Å². The molecule has 12 heteroatoms. The number of hydrogen-bond acceptors (Lipinski definition) is 9. The molecule has 1 aliphatic carbocycles. The number of rotatable bonds is 10. The minimum absolute atomic E-state index is 0.00213. The second-order valence-electron chi connectivity index (χ2n) is 12.1. The van der Waals surface area contributed by atoms with Crippen molar-refractivity contribution in [1.82, 2.24) is 10.6 Å². The zero-order chi connectivity index (χ0) is 28.5. The monoisotopic (exact) mass is 554 g/mol. The summed E-state index contributed by atoms with van der Waals surface area (Å²) in [5.74, 6) is -3.31. The van der Waals surface area contributed by atoms with Crippen molar-refractivity contribution >= 4 is 23.8 Å². The zero-order valence-corrected chi connectivity index (χ0v) is 23.4. The average molecular weight is 555 g/mol. The van der Waals surface area contributed by atoms with Crippen LogP contribution in [0.5, 0.6) is 0 Å². The molecule has 1 spiro atoms. The Bertz CT molecular complexity index is 959. The van der Waals surface area contributed by atoms with Gasteiger partial charge in [-0.1, -0.05) is 27.7 Å². The van der Waals surface area contributed by atoms with E-state index >= 15 is 0 Å². The van der Waals surface area contributed by atoms with Crippen molar-refractivity contribution in [3.63, 3.8) is 0 Å². The number of amides is 2. The minimum atomic E-state index is -1.18. The highest BCUT2D eigenvalue weighted by Gasteiger charge is 2.69. The molecule has 0 aromatic carbocycles. The predicted molar refractivity (Wildman–Crippen MR) is 134 cm³/mol. The average Bonchev–Trinajstić information content (AvgIpc) is 3.09. The SMILES string of the molecule is CC(C)C[C@H](NC(=O)CCC(=O)O[C@@H]1O[C@@H]2O[C@@]3(C)CC[C@H]4[C@H](C)CC[C@@H]([C@H]1C)[C@@]24OO3)C(=O)NCC(=O)O. The van der Waals surface area contributed by atoms with Gasteiger partial charge in [0.05, 0.1) is 6.42 Å². The fourth-order valence-electron chi connectivity index (χ4n) is 6.67. The summed E-state index contributed by atoms with van der Waals surface area (Å²) in [5.41, 5.74) is -0.761. The number of carboxylic acids is 1. The van der Waals surface area contributed by atoms with E-state index in [1.54, 1.807) is 0 Å². The number of fused-ring (bicyclic) bond motifs is 2. The second-order valence-corrected chi connectivity index (χ2v) is 12.1. The van der Waals surface area contributed by atoms with Crippen LogP contribution < -0.4 is 10.6 Å². The number of hydrogen-bond donors (Lipinski definition) is 3. The fourth-order valence-corrected chi connectivity index (χ4v) is 6.67. The summed E-state index contributed by atoms with van der Waals surface area (Å²) in [4.78, 5) is 60.4. The van der Waals surface area contributed by atoms with Gasteiger partial charge in [-0.3, -0.25) is 19.2 Å². The maximum Gasteiger partial charge on any atom is 0.322 e. The van der Waals surface area contributed by atoms with Crippen LogP contribution in [0, 0.1) is 29.6 Å². The number of ether oxygens (including phenoxy) is 3. The van der Waals surface area contributed by atoms with Gasteiger partial charge in [0, 0.05) is 24.7 Å². The molecule has 39 heavy (non-hydrogen) atoms. The highest BCUT2D eigenvalue weighted by molar-refractivity contribution is 5.90. The molecule has 2 amide bonds. The van der Waals surface area contributed by atoms with Crippen LogP contribution in [0.3, 0.4) is 0 Å². The Kier molecular flexibility index (Phi) is 8.89. The topological polar surface area (TPSA) is 159 Å². The van der Waals surface area contributed by atoms with Crippen LogP contribution in [0.25, 0.3) is 0 Å². The van der Waals surface area contributed by atoms with E-state index in [-0.39, 0.29) is 36.5 Å². The molecule has 4 saturated heterocycles. The Hall–Kier alpha value is -2.28. The Morgan fingerprint density at radius 1 is 1.05 bits per heavy atom.